The zero-order valence-corrected chi connectivity index (χ0v) is 16.5. The van der Waals surface area contributed by atoms with Crippen molar-refractivity contribution in [3.8, 4) is 11.4 Å². The Kier molecular flexibility index (Phi) is 7.67. The number of carbonyl (C=O) groups excluding carboxylic acids is 1. The van der Waals surface area contributed by atoms with Crippen molar-refractivity contribution in [2.24, 2.45) is 5.92 Å². The number of amides is 1. The van der Waals surface area contributed by atoms with Crippen LogP contribution in [0.5, 0.6) is 5.75 Å². The fourth-order valence-electron chi connectivity index (χ4n) is 2.32. The molecule has 0 aliphatic carbocycles. The maximum absolute atomic E-state index is 12.2. The van der Waals surface area contributed by atoms with Crippen LogP contribution in [0, 0.1) is 5.92 Å². The molecule has 1 unspecified atom stereocenters. The molecule has 0 fully saturated rings. The Morgan fingerprint density at radius 1 is 1.21 bits per heavy atom. The lowest BCUT2D eigenvalue weighted by Gasteiger charge is -2.14. The highest BCUT2D eigenvalue weighted by Crippen LogP contribution is 2.25. The number of nitrogens with one attached hydrogen (secondary N) is 1. The number of hydrogen-bond donors (Lipinski definition) is 1. The van der Waals surface area contributed by atoms with Gasteiger partial charge in [0.05, 0.1) is 11.4 Å². The minimum Gasteiger partial charge on any atom is -0.406 e. The molecule has 7 nitrogen and oxygen atoms in total. The topological polar surface area (TPSA) is 81.9 Å². The van der Waals surface area contributed by atoms with Crippen molar-refractivity contribution >= 4 is 17.7 Å². The molecule has 11 heteroatoms. The highest BCUT2D eigenvalue weighted by Gasteiger charge is 2.31. The zero-order chi connectivity index (χ0) is 20.7. The number of ether oxygens (including phenoxy) is 1. The fourth-order valence-corrected chi connectivity index (χ4v) is 3.02. The van der Waals surface area contributed by atoms with Crippen LogP contribution in [-0.2, 0) is 4.79 Å². The lowest BCUT2D eigenvalue weighted by Crippen LogP contribution is -2.34. The average molecular weight is 417 g/mol. The second-order valence-corrected chi connectivity index (χ2v) is 7.59. The molecular formula is C17H22F3N5O2S. The van der Waals surface area contributed by atoms with Crippen LogP contribution in [0.4, 0.5) is 13.2 Å². The monoisotopic (exact) mass is 417 g/mol. The van der Waals surface area contributed by atoms with E-state index in [0.717, 1.165) is 24.6 Å². The normalized spacial score (nSPS) is 12.8. The molecule has 1 aromatic carbocycles. The van der Waals surface area contributed by atoms with Gasteiger partial charge in [0.2, 0.25) is 11.1 Å². The summed E-state index contributed by atoms with van der Waals surface area (Å²) < 4.78 is 41.9. The van der Waals surface area contributed by atoms with Gasteiger partial charge in [-0.2, -0.15) is 4.68 Å². The van der Waals surface area contributed by atoms with E-state index in [0.29, 0.717) is 16.8 Å². The predicted octanol–water partition coefficient (Wildman–Crippen LogP) is 3.59. The molecule has 0 radical (unpaired) electrons. The van der Waals surface area contributed by atoms with E-state index in [9.17, 15) is 18.0 Å². The zero-order valence-electron chi connectivity index (χ0n) is 15.7. The molecule has 0 spiro atoms. The molecular weight excluding hydrogens is 395 g/mol. The number of nitrogens with zero attached hydrogens (tertiary/aromatic N) is 4. The lowest BCUT2D eigenvalue weighted by atomic mass is 10.0. The highest BCUT2D eigenvalue weighted by atomic mass is 32.2. The molecule has 1 heterocycles. The molecule has 1 aromatic heterocycles. The number of benzene rings is 1. The summed E-state index contributed by atoms with van der Waals surface area (Å²) in [5, 5.41) is 14.5. The summed E-state index contributed by atoms with van der Waals surface area (Å²) >= 11 is 1.14. The van der Waals surface area contributed by atoms with Gasteiger partial charge in [0, 0.05) is 6.04 Å². The Bertz CT molecular complexity index is 765. The number of rotatable bonds is 9. The largest absolute Gasteiger partial charge is 0.573 e. The van der Waals surface area contributed by atoms with Crippen LogP contribution in [0.1, 0.15) is 33.6 Å². The molecule has 0 saturated heterocycles. The van der Waals surface area contributed by atoms with Crippen molar-refractivity contribution in [1.82, 2.24) is 25.5 Å². The minimum absolute atomic E-state index is 0.0765. The van der Waals surface area contributed by atoms with Crippen molar-refractivity contribution in [3.63, 3.8) is 0 Å². The van der Waals surface area contributed by atoms with E-state index in [1.165, 1.54) is 28.9 Å². The molecule has 2 rings (SSSR count). The minimum atomic E-state index is -4.75. The van der Waals surface area contributed by atoms with Crippen LogP contribution < -0.4 is 10.1 Å². The van der Waals surface area contributed by atoms with E-state index in [-0.39, 0.29) is 23.5 Å². The molecule has 0 aliphatic rings. The molecule has 154 valence electrons. The van der Waals surface area contributed by atoms with Crippen LogP contribution >= 0.6 is 11.8 Å². The van der Waals surface area contributed by atoms with Gasteiger partial charge in [-0.1, -0.05) is 25.6 Å². The summed E-state index contributed by atoms with van der Waals surface area (Å²) in [4.78, 5) is 12.1. The first kappa shape index (κ1) is 22.0. The van der Waals surface area contributed by atoms with Gasteiger partial charge in [-0.25, -0.2) is 0 Å². The fraction of sp³-hybridized carbons (Fsp3) is 0.529. The number of aromatic nitrogens is 4. The summed E-state index contributed by atoms with van der Waals surface area (Å²) in [6.45, 7) is 6.22. The molecule has 1 N–H and O–H groups in total. The molecule has 28 heavy (non-hydrogen) atoms. The van der Waals surface area contributed by atoms with E-state index in [2.05, 4.69) is 39.4 Å². The van der Waals surface area contributed by atoms with Crippen LogP contribution in [0.15, 0.2) is 29.4 Å². The van der Waals surface area contributed by atoms with E-state index in [1.807, 2.05) is 6.92 Å². The average Bonchev–Trinajstić information content (AvgIpc) is 3.06. The van der Waals surface area contributed by atoms with Gasteiger partial charge in [-0.15, -0.1) is 18.3 Å². The molecule has 1 amide bonds. The molecule has 0 saturated carbocycles. The first-order valence-electron chi connectivity index (χ1n) is 8.71. The van der Waals surface area contributed by atoms with Crippen LogP contribution in [-0.4, -0.2) is 44.3 Å². The van der Waals surface area contributed by atoms with Crippen molar-refractivity contribution in [2.45, 2.75) is 51.2 Å². The standard InChI is InChI=1S/C17H22F3N5O2S/c1-11(2)4-5-12(3)21-15(26)10-28-16-22-23-24-25(16)13-6-8-14(9-7-13)27-17(18,19)20/h6-9,11-12H,4-5,10H2,1-3H3,(H,21,26). The van der Waals surface area contributed by atoms with E-state index in [4.69, 9.17) is 0 Å². The molecule has 1 atom stereocenters. The quantitative estimate of drug-likeness (QED) is 0.628. The van der Waals surface area contributed by atoms with Crippen molar-refractivity contribution in [2.75, 3.05) is 5.75 Å². The Labute approximate surface area is 165 Å². The van der Waals surface area contributed by atoms with Gasteiger partial charge in [0.15, 0.2) is 0 Å². The third-order valence-corrected chi connectivity index (χ3v) is 4.59. The smallest absolute Gasteiger partial charge is 0.406 e. The SMILES string of the molecule is CC(C)CCC(C)NC(=O)CSc1nnnn1-c1ccc(OC(F)(F)F)cc1. The summed E-state index contributed by atoms with van der Waals surface area (Å²) in [5.41, 5.74) is 0.452. The number of alkyl halides is 3. The Balaban J connectivity index is 1.92. The number of tetrazole rings is 1. The molecule has 0 bridgehead atoms. The number of carbonyl (C=O) groups is 1. The van der Waals surface area contributed by atoms with Crippen molar-refractivity contribution in [3.05, 3.63) is 24.3 Å². The first-order valence-corrected chi connectivity index (χ1v) is 9.69. The van der Waals surface area contributed by atoms with Crippen molar-refractivity contribution < 1.29 is 22.7 Å². The Morgan fingerprint density at radius 2 is 1.89 bits per heavy atom. The number of hydrogen-bond acceptors (Lipinski definition) is 6. The number of thioether (sulfide) groups is 1. The lowest BCUT2D eigenvalue weighted by molar-refractivity contribution is -0.274. The summed E-state index contributed by atoms with van der Waals surface area (Å²) in [6, 6.07) is 5.21. The van der Waals surface area contributed by atoms with E-state index >= 15 is 0 Å². The molecule has 0 aliphatic heterocycles. The summed E-state index contributed by atoms with van der Waals surface area (Å²) in [6.07, 6.45) is -2.82. The van der Waals surface area contributed by atoms with Gasteiger partial charge < -0.3 is 10.1 Å². The van der Waals surface area contributed by atoms with Crippen LogP contribution in [0.2, 0.25) is 0 Å². The van der Waals surface area contributed by atoms with Gasteiger partial charge in [0.25, 0.3) is 0 Å². The van der Waals surface area contributed by atoms with Gasteiger partial charge in [-0.3, -0.25) is 4.79 Å². The third kappa shape index (κ3) is 7.37. The van der Waals surface area contributed by atoms with Crippen LogP contribution in [0.3, 0.4) is 0 Å². The second-order valence-electron chi connectivity index (χ2n) is 6.64. The Morgan fingerprint density at radius 3 is 2.50 bits per heavy atom. The maximum atomic E-state index is 12.2. The van der Waals surface area contributed by atoms with Gasteiger partial charge >= 0.3 is 6.36 Å². The van der Waals surface area contributed by atoms with E-state index < -0.39 is 6.36 Å². The van der Waals surface area contributed by atoms with E-state index in [1.54, 1.807) is 0 Å². The third-order valence-electron chi connectivity index (χ3n) is 3.67. The second kappa shape index (κ2) is 9.76. The summed E-state index contributed by atoms with van der Waals surface area (Å²) in [7, 11) is 0. The Hall–Kier alpha value is -2.30. The molecule has 2 aromatic rings. The van der Waals surface area contributed by atoms with Crippen molar-refractivity contribution in [1.29, 1.82) is 0 Å². The van der Waals surface area contributed by atoms with Crippen LogP contribution in [0.25, 0.3) is 5.69 Å². The highest BCUT2D eigenvalue weighted by molar-refractivity contribution is 7.99. The number of halogens is 3. The first-order chi connectivity index (χ1) is 13.1. The summed E-state index contributed by atoms with van der Waals surface area (Å²) in [5.74, 6) is 0.228. The maximum Gasteiger partial charge on any atom is 0.573 e. The predicted molar refractivity (Wildman–Crippen MR) is 98.2 cm³/mol. The van der Waals surface area contributed by atoms with Gasteiger partial charge in [-0.05, 0) is 60.4 Å². The van der Waals surface area contributed by atoms with Gasteiger partial charge in [0.1, 0.15) is 5.75 Å².